The predicted molar refractivity (Wildman–Crippen MR) is 91.9 cm³/mol. The summed E-state index contributed by atoms with van der Waals surface area (Å²) < 4.78 is 6.45. The summed E-state index contributed by atoms with van der Waals surface area (Å²) in [6, 6.07) is 0. The van der Waals surface area contributed by atoms with E-state index in [1.807, 2.05) is 6.92 Å². The summed E-state index contributed by atoms with van der Waals surface area (Å²) in [5.74, 6) is -0.214. The number of amides is 1. The molecule has 5 nitrogen and oxygen atoms in total. The van der Waals surface area contributed by atoms with Gasteiger partial charge in [0.05, 0.1) is 7.11 Å². The van der Waals surface area contributed by atoms with Crippen molar-refractivity contribution in [3.63, 3.8) is 0 Å². The van der Waals surface area contributed by atoms with E-state index in [2.05, 4.69) is 33.9 Å². The molecule has 0 saturated carbocycles. The number of hydroxylamine groups is 2. The fourth-order valence-electron chi connectivity index (χ4n) is 2.03. The highest BCUT2D eigenvalue weighted by Crippen LogP contribution is 2.38. The first kappa shape index (κ1) is 21.6. The lowest BCUT2D eigenvalue weighted by Gasteiger charge is -2.40. The van der Waals surface area contributed by atoms with Crippen molar-refractivity contribution in [2.24, 2.45) is 5.92 Å². The van der Waals surface area contributed by atoms with Crippen molar-refractivity contribution in [3.05, 3.63) is 0 Å². The maximum atomic E-state index is 12.2. The largest absolute Gasteiger partial charge is 0.414 e. The molecule has 0 aliphatic rings. The summed E-state index contributed by atoms with van der Waals surface area (Å²) in [5.41, 5.74) is 0. The van der Waals surface area contributed by atoms with Crippen LogP contribution in [-0.2, 0) is 14.1 Å². The second kappa shape index (κ2) is 9.01. The minimum absolute atomic E-state index is 0.00255. The fourth-order valence-corrected chi connectivity index (χ4v) is 3.43. The van der Waals surface area contributed by atoms with Gasteiger partial charge in [-0.1, -0.05) is 27.7 Å². The lowest BCUT2D eigenvalue weighted by atomic mass is 10.00. The maximum Gasteiger partial charge on any atom is 0.248 e. The van der Waals surface area contributed by atoms with Crippen LogP contribution in [0.3, 0.4) is 0 Å². The number of hydrogen-bond donors (Lipinski definition) is 1. The van der Waals surface area contributed by atoms with Gasteiger partial charge in [-0.2, -0.15) is 0 Å². The minimum atomic E-state index is -1.89. The SMILES string of the molecule is CON(C)C(=O)C(C)CC(CCCO)O[Si](C)(C)C(C)(C)C. The van der Waals surface area contributed by atoms with E-state index in [4.69, 9.17) is 14.4 Å². The van der Waals surface area contributed by atoms with Gasteiger partial charge in [0.1, 0.15) is 0 Å². The van der Waals surface area contributed by atoms with Crippen molar-refractivity contribution >= 4 is 14.2 Å². The van der Waals surface area contributed by atoms with Crippen LogP contribution in [0.5, 0.6) is 0 Å². The van der Waals surface area contributed by atoms with E-state index in [1.165, 1.54) is 12.2 Å². The highest BCUT2D eigenvalue weighted by atomic mass is 28.4. The monoisotopic (exact) mass is 333 g/mol. The molecule has 2 atom stereocenters. The van der Waals surface area contributed by atoms with Crippen LogP contribution in [0.1, 0.15) is 47.0 Å². The molecule has 0 aliphatic heterocycles. The molecule has 0 spiro atoms. The second-order valence-electron chi connectivity index (χ2n) is 7.52. The van der Waals surface area contributed by atoms with Crippen LogP contribution in [0.15, 0.2) is 0 Å². The molecule has 22 heavy (non-hydrogen) atoms. The molecule has 0 aromatic heterocycles. The topological polar surface area (TPSA) is 59.0 Å². The van der Waals surface area contributed by atoms with Crippen LogP contribution in [-0.4, -0.2) is 51.3 Å². The number of carbonyl (C=O) groups excluding carboxylic acids is 1. The van der Waals surface area contributed by atoms with Gasteiger partial charge in [-0.25, -0.2) is 5.06 Å². The second-order valence-corrected chi connectivity index (χ2v) is 12.3. The Morgan fingerprint density at radius 3 is 2.27 bits per heavy atom. The molecular weight excluding hydrogens is 298 g/mol. The van der Waals surface area contributed by atoms with Crippen molar-refractivity contribution in [2.75, 3.05) is 20.8 Å². The summed E-state index contributed by atoms with van der Waals surface area (Å²) in [6.07, 6.45) is 2.12. The normalized spacial score (nSPS) is 15.5. The third-order valence-corrected chi connectivity index (χ3v) is 9.11. The fraction of sp³-hybridized carbons (Fsp3) is 0.938. The van der Waals surface area contributed by atoms with E-state index < -0.39 is 8.32 Å². The first-order valence-corrected chi connectivity index (χ1v) is 11.0. The number of aliphatic hydroxyl groups excluding tert-OH is 1. The molecule has 0 aliphatic carbocycles. The van der Waals surface area contributed by atoms with Crippen molar-refractivity contribution in [1.82, 2.24) is 5.06 Å². The molecule has 1 amide bonds. The Morgan fingerprint density at radius 1 is 1.32 bits per heavy atom. The Morgan fingerprint density at radius 2 is 1.86 bits per heavy atom. The zero-order valence-corrected chi connectivity index (χ0v) is 16.6. The molecule has 1 N–H and O–H groups in total. The van der Waals surface area contributed by atoms with Crippen LogP contribution < -0.4 is 0 Å². The summed E-state index contributed by atoms with van der Waals surface area (Å²) in [7, 11) is 1.21. The molecule has 0 aromatic rings. The van der Waals surface area contributed by atoms with E-state index in [0.717, 1.165) is 6.42 Å². The number of nitrogens with zero attached hydrogens (tertiary/aromatic N) is 1. The minimum Gasteiger partial charge on any atom is -0.414 e. The highest BCUT2D eigenvalue weighted by molar-refractivity contribution is 6.74. The number of carbonyl (C=O) groups is 1. The van der Waals surface area contributed by atoms with E-state index in [1.54, 1.807) is 7.05 Å². The standard InChI is InChI=1S/C16H35NO4Si/c1-13(15(19)17(5)20-6)12-14(10-9-11-18)21-22(7,8)16(2,3)4/h13-14,18H,9-12H2,1-8H3. The Bertz CT molecular complexity index is 342. The van der Waals surface area contributed by atoms with Gasteiger partial charge >= 0.3 is 0 Å². The molecule has 6 heteroatoms. The molecule has 2 unspecified atom stereocenters. The quantitative estimate of drug-likeness (QED) is 0.520. The average molecular weight is 334 g/mol. The number of rotatable bonds is 9. The Labute approximate surface area is 137 Å². The Kier molecular flexibility index (Phi) is 8.83. The van der Waals surface area contributed by atoms with Crippen molar-refractivity contribution in [3.8, 4) is 0 Å². The molecule has 132 valence electrons. The van der Waals surface area contributed by atoms with Crippen molar-refractivity contribution in [1.29, 1.82) is 0 Å². The molecule has 0 bridgehead atoms. The average Bonchev–Trinajstić information content (AvgIpc) is 2.41. The van der Waals surface area contributed by atoms with E-state index in [0.29, 0.717) is 12.8 Å². The van der Waals surface area contributed by atoms with Crippen LogP contribution in [0.2, 0.25) is 18.1 Å². The Balaban J connectivity index is 4.88. The molecule has 0 radical (unpaired) electrons. The van der Waals surface area contributed by atoms with E-state index >= 15 is 0 Å². The predicted octanol–water partition coefficient (Wildman–Crippen LogP) is 3.20. The van der Waals surface area contributed by atoms with Gasteiger partial charge in [-0.15, -0.1) is 0 Å². The van der Waals surface area contributed by atoms with E-state index in [-0.39, 0.29) is 29.6 Å². The number of aliphatic hydroxyl groups is 1. The van der Waals surface area contributed by atoms with Gasteiger partial charge in [0.2, 0.25) is 5.91 Å². The van der Waals surface area contributed by atoms with Gasteiger partial charge in [-0.05, 0) is 37.4 Å². The van der Waals surface area contributed by atoms with Crippen LogP contribution in [0, 0.1) is 5.92 Å². The van der Waals surface area contributed by atoms with Crippen molar-refractivity contribution in [2.45, 2.75) is 71.2 Å². The van der Waals surface area contributed by atoms with Gasteiger partial charge in [-0.3, -0.25) is 9.63 Å². The van der Waals surface area contributed by atoms with Gasteiger partial charge in [0.15, 0.2) is 8.32 Å². The van der Waals surface area contributed by atoms with E-state index in [9.17, 15) is 4.79 Å². The first-order valence-electron chi connectivity index (χ1n) is 8.06. The lowest BCUT2D eigenvalue weighted by Crippen LogP contribution is -2.45. The molecule has 0 saturated heterocycles. The highest BCUT2D eigenvalue weighted by Gasteiger charge is 2.39. The van der Waals surface area contributed by atoms with Gasteiger partial charge in [0, 0.05) is 25.7 Å². The van der Waals surface area contributed by atoms with Gasteiger partial charge < -0.3 is 9.53 Å². The molecule has 0 fully saturated rings. The first-order chi connectivity index (χ1) is 9.96. The summed E-state index contributed by atoms with van der Waals surface area (Å²) in [5, 5.41) is 10.5. The van der Waals surface area contributed by atoms with Gasteiger partial charge in [0.25, 0.3) is 0 Å². The van der Waals surface area contributed by atoms with Crippen LogP contribution in [0.25, 0.3) is 0 Å². The molecule has 0 heterocycles. The van der Waals surface area contributed by atoms with Crippen LogP contribution in [0.4, 0.5) is 0 Å². The van der Waals surface area contributed by atoms with Crippen LogP contribution >= 0.6 is 0 Å². The smallest absolute Gasteiger partial charge is 0.248 e. The molecule has 0 aromatic carbocycles. The Hall–Kier alpha value is -0.433. The lowest BCUT2D eigenvalue weighted by molar-refractivity contribution is -0.173. The zero-order chi connectivity index (χ0) is 17.6. The summed E-state index contributed by atoms with van der Waals surface area (Å²) in [4.78, 5) is 17.1. The third kappa shape index (κ3) is 6.77. The zero-order valence-electron chi connectivity index (χ0n) is 15.6. The summed E-state index contributed by atoms with van der Waals surface area (Å²) in [6.45, 7) is 13.1. The molecular formula is C16H35NO4Si. The third-order valence-electron chi connectivity index (χ3n) is 4.57. The van der Waals surface area contributed by atoms with Crippen molar-refractivity contribution < 1.29 is 19.2 Å². The number of hydrogen-bond acceptors (Lipinski definition) is 4. The molecule has 0 rings (SSSR count). The summed E-state index contributed by atoms with van der Waals surface area (Å²) >= 11 is 0. The maximum absolute atomic E-state index is 12.2.